The van der Waals surface area contributed by atoms with E-state index >= 15 is 0 Å². The van der Waals surface area contributed by atoms with Crippen LogP contribution in [0.15, 0.2) is 71.7 Å². The van der Waals surface area contributed by atoms with Crippen molar-refractivity contribution in [3.63, 3.8) is 0 Å². The van der Waals surface area contributed by atoms with E-state index in [0.717, 1.165) is 23.3 Å². The lowest BCUT2D eigenvalue weighted by Gasteiger charge is -2.39. The largest absolute Gasteiger partial charge is 0.493 e. The fraction of sp³-hybridized carbons (Fsp3) is 0.375. The molecule has 2 aliphatic heterocycles. The monoisotopic (exact) mass is 663 g/mol. The number of likely N-dealkylation sites (N-methyl/N-ethyl adjacent to an activating group) is 1. The van der Waals surface area contributed by atoms with Gasteiger partial charge in [0.15, 0.2) is 0 Å². The number of amidine groups is 1. The Labute approximate surface area is 270 Å². The number of carbonyl (C=O) groups excluding carboxylic acids is 1. The summed E-state index contributed by atoms with van der Waals surface area (Å²) >= 11 is 12.4. The average Bonchev–Trinajstić information content (AvgIpc) is 3.41. The summed E-state index contributed by atoms with van der Waals surface area (Å²) in [6.07, 6.45) is -5.29. The normalized spacial score (nSPS) is 19.9. The first-order valence-electron chi connectivity index (χ1n) is 14.6. The zero-order valence-corrected chi connectivity index (χ0v) is 26.3. The molecule has 0 radical (unpaired) electrons. The van der Waals surface area contributed by atoms with Crippen molar-refractivity contribution in [3.05, 3.63) is 99.0 Å². The average molecular weight is 665 g/mol. The van der Waals surface area contributed by atoms with Crippen LogP contribution in [0.1, 0.15) is 41.3 Å². The van der Waals surface area contributed by atoms with Crippen LogP contribution in [0.3, 0.4) is 0 Å². The van der Waals surface area contributed by atoms with Gasteiger partial charge < -0.3 is 14.7 Å². The van der Waals surface area contributed by atoms with Crippen molar-refractivity contribution < 1.29 is 27.8 Å². The number of benzene rings is 3. The molecule has 2 amide bonds. The van der Waals surface area contributed by atoms with Gasteiger partial charge >= 0.3 is 12.2 Å². The molecular weight excluding hydrogens is 630 g/mol. The second-order valence-corrected chi connectivity index (χ2v) is 11.7. The first kappa shape index (κ1) is 33.0. The van der Waals surface area contributed by atoms with Crippen molar-refractivity contribution in [3.8, 4) is 5.75 Å². The highest BCUT2D eigenvalue weighted by molar-refractivity contribution is 6.30. The molecule has 3 unspecified atom stereocenters. The molecule has 0 saturated carbocycles. The van der Waals surface area contributed by atoms with Crippen molar-refractivity contribution in [1.82, 2.24) is 20.0 Å². The summed E-state index contributed by atoms with van der Waals surface area (Å²) in [6.45, 7) is 4.01. The molecule has 3 aromatic carbocycles. The van der Waals surface area contributed by atoms with Crippen LogP contribution in [-0.2, 0) is 6.18 Å². The third-order valence-corrected chi connectivity index (χ3v) is 8.46. The summed E-state index contributed by atoms with van der Waals surface area (Å²) in [7, 11) is 1.67. The second-order valence-electron chi connectivity index (χ2n) is 10.8. The molecule has 5 rings (SSSR count). The van der Waals surface area contributed by atoms with E-state index in [1.165, 1.54) is 6.07 Å². The number of amides is 2. The van der Waals surface area contributed by atoms with Crippen LogP contribution < -0.4 is 10.1 Å². The van der Waals surface area contributed by atoms with Crippen molar-refractivity contribution >= 4 is 35.1 Å². The van der Waals surface area contributed by atoms with E-state index in [1.807, 2.05) is 24.3 Å². The van der Waals surface area contributed by atoms with Crippen molar-refractivity contribution in [2.75, 3.05) is 46.4 Å². The van der Waals surface area contributed by atoms with Crippen LogP contribution in [0, 0.1) is 0 Å². The first-order valence-corrected chi connectivity index (χ1v) is 15.3. The summed E-state index contributed by atoms with van der Waals surface area (Å²) in [5, 5.41) is 13.9. The standard InChI is InChI=1S/C32H34Cl2F3N5O3/c1-3-45-26-18-22(32(35,36)37)8-13-25(26)30-39-28(20-4-9-23(33)10-5-20)29(21-6-11-24(34)12-7-21)42(30)31(44)41-16-14-40(15-17-41)19-27(43)38-2/h4-13,18,27-29,38,43H,3,14-17,19H2,1-2H3. The molecule has 45 heavy (non-hydrogen) atoms. The third kappa shape index (κ3) is 7.39. The Morgan fingerprint density at radius 3 is 2.16 bits per heavy atom. The van der Waals surface area contributed by atoms with E-state index < -0.39 is 30.1 Å². The number of aliphatic hydroxyl groups is 1. The van der Waals surface area contributed by atoms with E-state index in [1.54, 1.807) is 48.0 Å². The lowest BCUT2D eigenvalue weighted by atomic mass is 9.93. The fourth-order valence-corrected chi connectivity index (χ4v) is 5.87. The van der Waals surface area contributed by atoms with Crippen LogP contribution in [0.2, 0.25) is 10.0 Å². The Morgan fingerprint density at radius 1 is 1.00 bits per heavy atom. The van der Waals surface area contributed by atoms with Gasteiger partial charge in [-0.1, -0.05) is 47.5 Å². The predicted molar refractivity (Wildman–Crippen MR) is 168 cm³/mol. The maximum absolute atomic E-state index is 14.6. The molecule has 0 aromatic heterocycles. The number of nitrogens with zero attached hydrogens (tertiary/aromatic N) is 4. The van der Waals surface area contributed by atoms with Gasteiger partial charge in [-0.2, -0.15) is 13.2 Å². The number of carbonyl (C=O) groups is 1. The lowest BCUT2D eigenvalue weighted by molar-refractivity contribution is -0.137. The molecule has 2 heterocycles. The number of urea groups is 1. The number of β-amino-alcohol motifs (C(OH)–C–C–N with tert-alkyl or cyclic N) is 1. The predicted octanol–water partition coefficient (Wildman–Crippen LogP) is 6.23. The molecule has 240 valence electrons. The lowest BCUT2D eigenvalue weighted by Crippen LogP contribution is -2.55. The number of piperazine rings is 1. The second kappa shape index (κ2) is 14.0. The van der Waals surface area contributed by atoms with Crippen LogP contribution in [0.25, 0.3) is 0 Å². The highest BCUT2D eigenvalue weighted by atomic mass is 35.5. The zero-order valence-electron chi connectivity index (χ0n) is 24.8. The summed E-state index contributed by atoms with van der Waals surface area (Å²) in [6, 6.07) is 15.8. The maximum Gasteiger partial charge on any atom is 0.416 e. The molecule has 3 aromatic rings. The number of ether oxygens (including phenoxy) is 1. The quantitative estimate of drug-likeness (QED) is 0.279. The number of halogens is 5. The molecule has 8 nitrogen and oxygen atoms in total. The van der Waals surface area contributed by atoms with Gasteiger partial charge in [0, 0.05) is 42.8 Å². The number of aliphatic imine (C=N–C) groups is 1. The van der Waals surface area contributed by atoms with Gasteiger partial charge in [0.1, 0.15) is 23.9 Å². The smallest absolute Gasteiger partial charge is 0.416 e. The Morgan fingerprint density at radius 2 is 1.60 bits per heavy atom. The number of hydrogen-bond donors (Lipinski definition) is 2. The SMILES string of the molecule is CCOc1cc(C(F)(F)F)ccc1C1=NC(c2ccc(Cl)cc2)C(c2ccc(Cl)cc2)N1C(=O)N1CCN(CC(O)NC)CC1. The topological polar surface area (TPSA) is 80.6 Å². The van der Waals surface area contributed by atoms with E-state index in [-0.39, 0.29) is 29.8 Å². The minimum Gasteiger partial charge on any atom is -0.493 e. The van der Waals surface area contributed by atoms with Crippen molar-refractivity contribution in [2.45, 2.75) is 31.4 Å². The van der Waals surface area contributed by atoms with Crippen LogP contribution in [-0.4, -0.2) is 84.3 Å². The Hall–Kier alpha value is -3.35. The van der Waals surface area contributed by atoms with E-state index in [9.17, 15) is 23.1 Å². The summed E-state index contributed by atoms with van der Waals surface area (Å²) < 4.78 is 46.9. The zero-order chi connectivity index (χ0) is 32.3. The molecule has 0 aliphatic carbocycles. The van der Waals surface area contributed by atoms with Gasteiger partial charge in [-0.3, -0.25) is 20.1 Å². The molecule has 1 fully saturated rings. The Balaban J connectivity index is 1.62. The molecule has 0 spiro atoms. The molecule has 1 saturated heterocycles. The van der Waals surface area contributed by atoms with Crippen molar-refractivity contribution in [2.24, 2.45) is 4.99 Å². The Kier molecular flexibility index (Phi) is 10.2. The van der Waals surface area contributed by atoms with Gasteiger partial charge in [0.25, 0.3) is 0 Å². The number of hydrogen-bond acceptors (Lipinski definition) is 6. The number of aliphatic hydroxyl groups excluding tert-OH is 1. The minimum absolute atomic E-state index is 0.0265. The van der Waals surface area contributed by atoms with Gasteiger partial charge in [-0.05, 0) is 67.6 Å². The van der Waals surface area contributed by atoms with Crippen LogP contribution >= 0.6 is 23.2 Å². The van der Waals surface area contributed by atoms with E-state index in [0.29, 0.717) is 42.8 Å². The van der Waals surface area contributed by atoms with Crippen molar-refractivity contribution in [1.29, 1.82) is 0 Å². The molecule has 2 aliphatic rings. The number of rotatable bonds is 8. The molecule has 2 N–H and O–H groups in total. The van der Waals surface area contributed by atoms with Crippen LogP contribution in [0.5, 0.6) is 5.75 Å². The summed E-state index contributed by atoms with van der Waals surface area (Å²) in [5.74, 6) is 0.173. The van der Waals surface area contributed by atoms with Crippen LogP contribution in [0.4, 0.5) is 18.0 Å². The number of alkyl halides is 3. The summed E-state index contributed by atoms with van der Waals surface area (Å²) in [5.41, 5.74) is 0.911. The molecule has 0 bridgehead atoms. The van der Waals surface area contributed by atoms with Gasteiger partial charge in [-0.25, -0.2) is 4.79 Å². The maximum atomic E-state index is 14.6. The van der Waals surface area contributed by atoms with E-state index in [2.05, 4.69) is 10.2 Å². The fourth-order valence-electron chi connectivity index (χ4n) is 5.62. The van der Waals surface area contributed by atoms with Gasteiger partial charge in [0.05, 0.1) is 23.8 Å². The summed E-state index contributed by atoms with van der Waals surface area (Å²) in [4.78, 5) is 24.9. The highest BCUT2D eigenvalue weighted by Gasteiger charge is 2.45. The van der Waals surface area contributed by atoms with E-state index in [4.69, 9.17) is 32.9 Å². The number of nitrogens with one attached hydrogen (secondary N) is 1. The highest BCUT2D eigenvalue weighted by Crippen LogP contribution is 2.46. The first-order chi connectivity index (χ1) is 21.5. The van der Waals surface area contributed by atoms with Gasteiger partial charge in [-0.15, -0.1) is 0 Å². The molecular formula is C32H34Cl2F3N5O3. The van der Waals surface area contributed by atoms with Gasteiger partial charge in [0.2, 0.25) is 0 Å². The minimum atomic E-state index is -4.59. The molecule has 3 atom stereocenters. The third-order valence-electron chi connectivity index (χ3n) is 7.95. The molecule has 13 heteroatoms. The Bertz CT molecular complexity index is 1510.